The van der Waals surface area contributed by atoms with Crippen LogP contribution in [0.4, 0.5) is 4.39 Å². The minimum atomic E-state index is -0.273. The first-order valence-corrected chi connectivity index (χ1v) is 8.89. The molecule has 1 aliphatic heterocycles. The van der Waals surface area contributed by atoms with Crippen LogP contribution in [0.3, 0.4) is 0 Å². The smallest absolute Gasteiger partial charge is 0.217 e. The van der Waals surface area contributed by atoms with Crippen LogP contribution in [0.2, 0.25) is 0 Å². The van der Waals surface area contributed by atoms with Crippen LogP contribution in [0, 0.1) is 18.7 Å². The van der Waals surface area contributed by atoms with Crippen LogP contribution < -0.4 is 11.1 Å². The number of amides is 1. The molecule has 1 amide bonds. The van der Waals surface area contributed by atoms with Gasteiger partial charge in [0.2, 0.25) is 5.91 Å². The van der Waals surface area contributed by atoms with E-state index in [2.05, 4.69) is 15.2 Å². The molecule has 1 atom stereocenters. The Morgan fingerprint density at radius 1 is 1.50 bits per heavy atom. The van der Waals surface area contributed by atoms with Gasteiger partial charge in [0.15, 0.2) is 5.96 Å². The maximum Gasteiger partial charge on any atom is 0.217 e. The lowest BCUT2D eigenvalue weighted by molar-refractivity contribution is -0.119. The van der Waals surface area contributed by atoms with E-state index in [-0.39, 0.29) is 17.6 Å². The number of nitrogens with zero attached hydrogens (tertiary/aromatic N) is 2. The molecule has 1 saturated heterocycles. The lowest BCUT2D eigenvalue weighted by Gasteiger charge is -2.34. The zero-order valence-corrected chi connectivity index (χ0v) is 15.2. The van der Waals surface area contributed by atoms with Crippen LogP contribution in [0.5, 0.6) is 0 Å². The summed E-state index contributed by atoms with van der Waals surface area (Å²) in [5.41, 5.74) is 6.93. The zero-order valence-electron chi connectivity index (χ0n) is 15.2. The summed E-state index contributed by atoms with van der Waals surface area (Å²) in [6.07, 6.45) is 2.41. The summed E-state index contributed by atoms with van der Waals surface area (Å²) >= 11 is 0. The SMILES string of the molecule is CN=C(NCc1oc2ccc(F)cc2c1C)N1CCCC(CC(N)=O)C1. The maximum absolute atomic E-state index is 13.4. The summed E-state index contributed by atoms with van der Waals surface area (Å²) in [6, 6.07) is 4.54. The number of aryl methyl sites for hydroxylation is 1. The number of primary amides is 1. The number of halogens is 1. The Balaban J connectivity index is 1.67. The van der Waals surface area contributed by atoms with Crippen molar-refractivity contribution in [3.05, 3.63) is 35.3 Å². The van der Waals surface area contributed by atoms with Crippen LogP contribution in [-0.2, 0) is 11.3 Å². The maximum atomic E-state index is 13.4. The molecule has 1 aliphatic rings. The van der Waals surface area contributed by atoms with Gasteiger partial charge < -0.3 is 20.4 Å². The van der Waals surface area contributed by atoms with E-state index in [9.17, 15) is 9.18 Å². The van der Waals surface area contributed by atoms with Crippen molar-refractivity contribution in [3.8, 4) is 0 Å². The lowest BCUT2D eigenvalue weighted by Crippen LogP contribution is -2.46. The average molecular weight is 360 g/mol. The highest BCUT2D eigenvalue weighted by Gasteiger charge is 2.24. The molecule has 3 rings (SSSR count). The monoisotopic (exact) mass is 360 g/mol. The number of hydrogen-bond donors (Lipinski definition) is 2. The number of carbonyl (C=O) groups is 1. The van der Waals surface area contributed by atoms with Crippen molar-refractivity contribution in [3.63, 3.8) is 0 Å². The highest BCUT2D eigenvalue weighted by molar-refractivity contribution is 5.83. The number of furan rings is 1. The molecule has 0 radical (unpaired) electrons. The second kappa shape index (κ2) is 7.76. The first-order chi connectivity index (χ1) is 12.5. The Kier molecular flexibility index (Phi) is 5.44. The minimum absolute atomic E-state index is 0.259. The number of hydrogen-bond acceptors (Lipinski definition) is 3. The summed E-state index contributed by atoms with van der Waals surface area (Å²) < 4.78 is 19.3. The van der Waals surface area contributed by atoms with Crippen molar-refractivity contribution in [2.45, 2.75) is 32.7 Å². The molecule has 6 nitrogen and oxygen atoms in total. The van der Waals surface area contributed by atoms with Crippen molar-refractivity contribution < 1.29 is 13.6 Å². The lowest BCUT2D eigenvalue weighted by atomic mass is 9.95. The summed E-state index contributed by atoms with van der Waals surface area (Å²) in [5, 5.41) is 4.11. The van der Waals surface area contributed by atoms with E-state index < -0.39 is 0 Å². The Morgan fingerprint density at radius 3 is 3.04 bits per heavy atom. The highest BCUT2D eigenvalue weighted by atomic mass is 19.1. The first kappa shape index (κ1) is 18.2. The third-order valence-corrected chi connectivity index (χ3v) is 4.92. The predicted molar refractivity (Wildman–Crippen MR) is 99.2 cm³/mol. The third-order valence-electron chi connectivity index (χ3n) is 4.92. The van der Waals surface area contributed by atoms with Gasteiger partial charge in [-0.15, -0.1) is 0 Å². The zero-order chi connectivity index (χ0) is 18.7. The fourth-order valence-corrected chi connectivity index (χ4v) is 3.61. The first-order valence-electron chi connectivity index (χ1n) is 8.89. The summed E-state index contributed by atoms with van der Waals surface area (Å²) in [6.45, 7) is 4.03. The number of rotatable bonds is 4. The third kappa shape index (κ3) is 3.98. The normalized spacial score (nSPS) is 18.3. The molecule has 0 saturated carbocycles. The van der Waals surface area contributed by atoms with Crippen molar-refractivity contribution >= 4 is 22.8 Å². The molecule has 7 heteroatoms. The van der Waals surface area contributed by atoms with Gasteiger partial charge in [0.1, 0.15) is 17.2 Å². The standard InChI is InChI=1S/C19H25FN4O2/c1-12-15-9-14(20)5-6-16(15)26-17(12)10-23-19(22-2)24-7-3-4-13(11-24)8-18(21)25/h5-6,9,13H,3-4,7-8,10-11H2,1-2H3,(H2,21,25)(H,22,23). The molecule has 2 aromatic rings. The summed E-state index contributed by atoms with van der Waals surface area (Å²) in [7, 11) is 1.74. The fourth-order valence-electron chi connectivity index (χ4n) is 3.61. The van der Waals surface area contributed by atoms with E-state index in [0.29, 0.717) is 18.5 Å². The van der Waals surface area contributed by atoms with Gasteiger partial charge in [-0.3, -0.25) is 9.79 Å². The highest BCUT2D eigenvalue weighted by Crippen LogP contribution is 2.26. The van der Waals surface area contributed by atoms with E-state index in [1.807, 2.05) is 6.92 Å². The molecule has 2 heterocycles. The minimum Gasteiger partial charge on any atom is -0.459 e. The number of fused-ring (bicyclic) bond motifs is 1. The molecule has 26 heavy (non-hydrogen) atoms. The second-order valence-electron chi connectivity index (χ2n) is 6.82. The van der Waals surface area contributed by atoms with Gasteiger partial charge in [0.25, 0.3) is 0 Å². The van der Waals surface area contributed by atoms with Crippen LogP contribution in [0.25, 0.3) is 11.0 Å². The number of piperidine rings is 1. The largest absolute Gasteiger partial charge is 0.459 e. The van der Waals surface area contributed by atoms with Crippen molar-refractivity contribution in [1.82, 2.24) is 10.2 Å². The predicted octanol–water partition coefficient (Wildman–Crippen LogP) is 2.54. The van der Waals surface area contributed by atoms with E-state index in [1.165, 1.54) is 12.1 Å². The Bertz CT molecular complexity index is 830. The second-order valence-corrected chi connectivity index (χ2v) is 6.82. The number of aliphatic imine (C=N–C) groups is 1. The van der Waals surface area contributed by atoms with E-state index in [1.54, 1.807) is 13.1 Å². The van der Waals surface area contributed by atoms with Crippen molar-refractivity contribution in [2.24, 2.45) is 16.6 Å². The molecule has 0 bridgehead atoms. The topological polar surface area (TPSA) is 83.9 Å². The molecule has 1 fully saturated rings. The van der Waals surface area contributed by atoms with Crippen LogP contribution in [0.15, 0.2) is 27.6 Å². The molecular weight excluding hydrogens is 335 g/mol. The Hall–Kier alpha value is -2.57. The number of nitrogens with one attached hydrogen (secondary N) is 1. The van der Waals surface area contributed by atoms with Crippen molar-refractivity contribution in [1.29, 1.82) is 0 Å². The number of guanidine groups is 1. The van der Waals surface area contributed by atoms with Gasteiger partial charge >= 0.3 is 0 Å². The molecule has 140 valence electrons. The number of carbonyl (C=O) groups excluding carboxylic acids is 1. The molecule has 0 spiro atoms. The molecule has 1 aromatic carbocycles. The summed E-state index contributed by atoms with van der Waals surface area (Å²) in [4.78, 5) is 17.7. The molecular formula is C19H25FN4O2. The molecule has 1 unspecified atom stereocenters. The van der Waals surface area contributed by atoms with Gasteiger partial charge in [-0.05, 0) is 43.9 Å². The number of benzene rings is 1. The Labute approximate surface area is 152 Å². The number of likely N-dealkylation sites (tertiary alicyclic amines) is 1. The van der Waals surface area contributed by atoms with Crippen LogP contribution >= 0.6 is 0 Å². The average Bonchev–Trinajstić information content (AvgIpc) is 2.91. The van der Waals surface area contributed by atoms with Gasteiger partial charge in [0, 0.05) is 37.5 Å². The van der Waals surface area contributed by atoms with Gasteiger partial charge in [0.05, 0.1) is 6.54 Å². The molecule has 0 aliphatic carbocycles. The molecule has 3 N–H and O–H groups in total. The Morgan fingerprint density at radius 2 is 2.31 bits per heavy atom. The van der Waals surface area contributed by atoms with E-state index in [4.69, 9.17) is 10.2 Å². The van der Waals surface area contributed by atoms with Crippen molar-refractivity contribution in [2.75, 3.05) is 20.1 Å². The summed E-state index contributed by atoms with van der Waals surface area (Å²) in [5.74, 6) is 1.26. The number of nitrogens with two attached hydrogens (primary N) is 1. The van der Waals surface area contributed by atoms with E-state index in [0.717, 1.165) is 48.6 Å². The molecule has 1 aromatic heterocycles. The quantitative estimate of drug-likeness (QED) is 0.648. The van der Waals surface area contributed by atoms with Gasteiger partial charge in [-0.25, -0.2) is 4.39 Å². The van der Waals surface area contributed by atoms with Gasteiger partial charge in [-0.2, -0.15) is 0 Å². The van der Waals surface area contributed by atoms with Crippen LogP contribution in [0.1, 0.15) is 30.6 Å². The van der Waals surface area contributed by atoms with E-state index >= 15 is 0 Å². The fraction of sp³-hybridized carbons (Fsp3) is 0.474. The van der Waals surface area contributed by atoms with Gasteiger partial charge in [-0.1, -0.05) is 0 Å². The van der Waals surface area contributed by atoms with Crippen LogP contribution in [-0.4, -0.2) is 36.9 Å².